The molecule has 1 aromatic rings. The Morgan fingerprint density at radius 3 is 2.00 bits per heavy atom. The van der Waals surface area contributed by atoms with Gasteiger partial charge in [0.05, 0.1) is 4.92 Å². The van der Waals surface area contributed by atoms with Crippen LogP contribution in [0.3, 0.4) is 0 Å². The monoisotopic (exact) mass is 257 g/mol. The third-order valence-electron chi connectivity index (χ3n) is 1.33. The quantitative estimate of drug-likeness (QED) is 0.480. The van der Waals surface area contributed by atoms with E-state index in [4.69, 9.17) is 9.90 Å². The van der Waals surface area contributed by atoms with Crippen molar-refractivity contribution in [1.29, 1.82) is 0 Å². The van der Waals surface area contributed by atoms with Gasteiger partial charge in [-0.05, 0) is 25.7 Å². The zero-order valence-corrected chi connectivity index (χ0v) is 10.9. The fourth-order valence-corrected chi connectivity index (χ4v) is 0.814. The summed E-state index contributed by atoms with van der Waals surface area (Å²) in [5.41, 5.74) is -0.674. The molecule has 7 heteroatoms. The molecular weight excluding hydrogens is 242 g/mol. The Morgan fingerprint density at radius 2 is 1.71 bits per heavy atom. The molecule has 0 aliphatic heterocycles. The molecule has 6 nitrogen and oxygen atoms in total. The van der Waals surface area contributed by atoms with Gasteiger partial charge in [0.2, 0.25) is 0 Å². The lowest BCUT2D eigenvalue weighted by Gasteiger charge is -2.00. The van der Waals surface area contributed by atoms with E-state index < -0.39 is 19.2 Å². The van der Waals surface area contributed by atoms with Crippen LogP contribution >= 0.6 is 0 Å². The third kappa shape index (κ3) is 7.20. The van der Waals surface area contributed by atoms with E-state index in [0.717, 1.165) is 6.07 Å². The summed E-state index contributed by atoms with van der Waals surface area (Å²) in [5.74, 6) is -1.29. The van der Waals surface area contributed by atoms with Crippen LogP contribution in [0.1, 0.15) is 10.4 Å². The average molecular weight is 257 g/mol. The fraction of sp³-hybridized carbons (Fsp3) is 0.300. The number of carboxylic acid groups (broad SMARTS) is 1. The average Bonchev–Trinajstić information content (AvgIpc) is 2.15. The van der Waals surface area contributed by atoms with Crippen LogP contribution in [0.4, 0.5) is 5.69 Å². The van der Waals surface area contributed by atoms with Gasteiger partial charge in [-0.1, -0.05) is 12.1 Å². The molecular formula is C10H15NO5Si. The molecule has 0 amide bonds. The van der Waals surface area contributed by atoms with Crippen LogP contribution in [0.5, 0.6) is 0 Å². The van der Waals surface area contributed by atoms with Crippen LogP contribution < -0.4 is 0 Å². The topological polar surface area (TPSA) is 101 Å². The number of para-hydroxylation sites is 1. The van der Waals surface area contributed by atoms with Gasteiger partial charge >= 0.3 is 5.97 Å². The van der Waals surface area contributed by atoms with Gasteiger partial charge in [0.15, 0.2) is 8.32 Å². The van der Waals surface area contributed by atoms with Crippen molar-refractivity contribution >= 4 is 20.0 Å². The Hall–Kier alpha value is -1.73. The number of nitro benzene ring substituents is 1. The number of benzene rings is 1. The van der Waals surface area contributed by atoms with E-state index in [2.05, 4.69) is 0 Å². The van der Waals surface area contributed by atoms with Gasteiger partial charge in [-0.15, -0.1) is 0 Å². The maximum atomic E-state index is 10.4. The van der Waals surface area contributed by atoms with Crippen LogP contribution in [0.15, 0.2) is 24.3 Å². The van der Waals surface area contributed by atoms with Crippen LogP contribution in [0.25, 0.3) is 0 Å². The molecule has 0 aliphatic carbocycles. The number of hydrogen-bond acceptors (Lipinski definition) is 4. The second kappa shape index (κ2) is 6.11. The van der Waals surface area contributed by atoms with Gasteiger partial charge in [0, 0.05) is 6.07 Å². The Kier molecular flexibility index (Phi) is 5.49. The Labute approximate surface area is 99.8 Å². The van der Waals surface area contributed by atoms with E-state index in [1.165, 1.54) is 18.2 Å². The summed E-state index contributed by atoms with van der Waals surface area (Å²) in [5, 5.41) is 18.8. The summed E-state index contributed by atoms with van der Waals surface area (Å²) in [7, 11) is -1.61. The second-order valence-corrected chi connectivity index (χ2v) is 8.59. The Bertz CT molecular complexity index is 374. The molecule has 0 aromatic heterocycles. The molecule has 0 heterocycles. The molecule has 0 fully saturated rings. The summed E-state index contributed by atoms with van der Waals surface area (Å²) in [6, 6.07) is 5.21. The first-order chi connectivity index (χ1) is 7.63. The molecule has 2 N–H and O–H groups in total. The van der Waals surface area contributed by atoms with E-state index in [9.17, 15) is 14.9 Å². The largest absolute Gasteiger partial charge is 0.477 e. The highest BCUT2D eigenvalue weighted by Gasteiger charge is 2.17. The fourth-order valence-electron chi connectivity index (χ4n) is 0.814. The van der Waals surface area contributed by atoms with Crippen molar-refractivity contribution in [2.24, 2.45) is 0 Å². The van der Waals surface area contributed by atoms with Crippen molar-refractivity contribution < 1.29 is 19.6 Å². The number of carbonyl (C=O) groups is 1. The number of nitrogens with zero attached hydrogens (tertiary/aromatic N) is 1. The summed E-state index contributed by atoms with van der Waals surface area (Å²) in [6.45, 7) is 5.65. The number of aromatic carboxylic acids is 1. The number of nitro groups is 1. The highest BCUT2D eigenvalue weighted by Crippen LogP contribution is 2.16. The third-order valence-corrected chi connectivity index (χ3v) is 1.33. The van der Waals surface area contributed by atoms with Gasteiger partial charge in [0.25, 0.3) is 5.69 Å². The molecule has 0 unspecified atom stereocenters. The second-order valence-electron chi connectivity index (χ2n) is 4.25. The number of rotatable bonds is 2. The molecule has 0 atom stereocenters. The first kappa shape index (κ1) is 15.3. The SMILES string of the molecule is C[Si](C)(C)O.O=C(O)c1ccccc1[N+](=O)[O-]. The molecule has 0 saturated heterocycles. The van der Waals surface area contributed by atoms with E-state index in [-0.39, 0.29) is 11.3 Å². The zero-order valence-electron chi connectivity index (χ0n) is 9.88. The zero-order chi connectivity index (χ0) is 13.6. The van der Waals surface area contributed by atoms with Crippen LogP contribution in [0.2, 0.25) is 19.6 Å². The van der Waals surface area contributed by atoms with E-state index >= 15 is 0 Å². The van der Waals surface area contributed by atoms with Gasteiger partial charge in [-0.3, -0.25) is 10.1 Å². The predicted molar refractivity (Wildman–Crippen MR) is 65.6 cm³/mol. The van der Waals surface area contributed by atoms with Crippen molar-refractivity contribution in [3.63, 3.8) is 0 Å². The van der Waals surface area contributed by atoms with Crippen LogP contribution in [-0.4, -0.2) is 29.1 Å². The molecule has 1 aromatic carbocycles. The minimum atomic E-state index is -1.61. The standard InChI is InChI=1S/C7H5NO4.C3H10OSi/c9-7(10)5-3-1-2-4-6(5)8(11)12;1-5(2,3)4/h1-4H,(H,9,10);4H,1-3H3. The molecule has 0 spiro atoms. The Morgan fingerprint density at radius 1 is 1.29 bits per heavy atom. The van der Waals surface area contributed by atoms with Crippen LogP contribution in [-0.2, 0) is 0 Å². The molecule has 94 valence electrons. The molecule has 0 bridgehead atoms. The van der Waals surface area contributed by atoms with E-state index in [1.807, 2.05) is 19.6 Å². The van der Waals surface area contributed by atoms with Crippen molar-refractivity contribution in [3.8, 4) is 0 Å². The highest BCUT2D eigenvalue weighted by molar-refractivity contribution is 6.68. The molecule has 0 aliphatic rings. The van der Waals surface area contributed by atoms with Gasteiger partial charge in [-0.2, -0.15) is 0 Å². The van der Waals surface area contributed by atoms with Crippen LogP contribution in [0, 0.1) is 10.1 Å². The summed E-state index contributed by atoms with van der Waals surface area (Å²) in [6.07, 6.45) is 0. The molecule has 0 saturated carbocycles. The maximum absolute atomic E-state index is 10.4. The van der Waals surface area contributed by atoms with Crippen molar-refractivity contribution in [1.82, 2.24) is 0 Å². The Balaban J connectivity index is 0.000000437. The van der Waals surface area contributed by atoms with Gasteiger partial charge in [0.1, 0.15) is 5.56 Å². The first-order valence-electron chi connectivity index (χ1n) is 4.82. The minimum Gasteiger partial charge on any atom is -0.477 e. The number of hydrogen-bond donors (Lipinski definition) is 2. The summed E-state index contributed by atoms with van der Waals surface area (Å²) in [4.78, 5) is 28.6. The lowest BCUT2D eigenvalue weighted by molar-refractivity contribution is -0.385. The van der Waals surface area contributed by atoms with Gasteiger partial charge in [-0.25, -0.2) is 4.79 Å². The van der Waals surface area contributed by atoms with Crippen molar-refractivity contribution in [2.75, 3.05) is 0 Å². The highest BCUT2D eigenvalue weighted by atomic mass is 28.4. The summed E-state index contributed by atoms with van der Waals surface area (Å²) >= 11 is 0. The van der Waals surface area contributed by atoms with Crippen molar-refractivity contribution in [3.05, 3.63) is 39.9 Å². The summed E-state index contributed by atoms with van der Waals surface area (Å²) < 4.78 is 0. The van der Waals surface area contributed by atoms with Crippen molar-refractivity contribution in [2.45, 2.75) is 19.6 Å². The smallest absolute Gasteiger partial charge is 0.342 e. The van der Waals surface area contributed by atoms with E-state index in [1.54, 1.807) is 0 Å². The van der Waals surface area contributed by atoms with E-state index in [0.29, 0.717) is 0 Å². The molecule has 0 radical (unpaired) electrons. The first-order valence-corrected chi connectivity index (χ1v) is 8.26. The van der Waals surface area contributed by atoms with Gasteiger partial charge < -0.3 is 9.90 Å². The number of carboxylic acids is 1. The molecule has 1 rings (SSSR count). The lowest BCUT2D eigenvalue weighted by atomic mass is 10.2. The lowest BCUT2D eigenvalue weighted by Crippen LogP contribution is -2.17. The maximum Gasteiger partial charge on any atom is 0.342 e. The minimum absolute atomic E-state index is 0.289. The molecule has 17 heavy (non-hydrogen) atoms. The normalized spacial score (nSPS) is 10.1. The predicted octanol–water partition coefficient (Wildman–Crippen LogP) is 2.11.